The maximum atomic E-state index is 12.7. The van der Waals surface area contributed by atoms with Crippen LogP contribution >= 0.6 is 0 Å². The van der Waals surface area contributed by atoms with Gasteiger partial charge in [0, 0.05) is 0 Å². The number of carboxylic acids is 1. The van der Waals surface area contributed by atoms with E-state index < -0.39 is 17.7 Å². The predicted molar refractivity (Wildman–Crippen MR) is 69.2 cm³/mol. The molecule has 0 amide bonds. The lowest BCUT2D eigenvalue weighted by Gasteiger charge is -2.09. The van der Waals surface area contributed by atoms with Gasteiger partial charge in [-0.15, -0.1) is 0 Å². The minimum Gasteiger partial charge on any atom is -0.478 e. The normalized spacial score (nSPS) is 11.7. The Kier molecular flexibility index (Phi) is 3.76. The number of rotatable bonds is 3. The van der Waals surface area contributed by atoms with E-state index in [0.717, 1.165) is 12.1 Å². The zero-order valence-corrected chi connectivity index (χ0v) is 11.4. The van der Waals surface area contributed by atoms with Crippen molar-refractivity contribution < 1.29 is 23.1 Å². The molecular formula is C14H13F3N2O2. The average molecular weight is 298 g/mol. The number of benzene rings is 1. The molecule has 0 radical (unpaired) electrons. The van der Waals surface area contributed by atoms with Gasteiger partial charge in [-0.25, -0.2) is 4.79 Å². The zero-order chi connectivity index (χ0) is 15.8. The van der Waals surface area contributed by atoms with Crippen LogP contribution < -0.4 is 0 Å². The Morgan fingerprint density at radius 2 is 2.00 bits per heavy atom. The van der Waals surface area contributed by atoms with E-state index in [-0.39, 0.29) is 12.1 Å². The topological polar surface area (TPSA) is 55.1 Å². The van der Waals surface area contributed by atoms with Crippen LogP contribution in [-0.4, -0.2) is 20.9 Å². The van der Waals surface area contributed by atoms with Gasteiger partial charge in [-0.2, -0.15) is 18.3 Å². The molecule has 0 aliphatic heterocycles. The Labute approximate surface area is 118 Å². The van der Waals surface area contributed by atoms with Crippen molar-refractivity contribution in [2.45, 2.75) is 26.6 Å². The summed E-state index contributed by atoms with van der Waals surface area (Å²) in [4.78, 5) is 11.1. The van der Waals surface area contributed by atoms with Gasteiger partial charge in [-0.1, -0.05) is 12.1 Å². The summed E-state index contributed by atoms with van der Waals surface area (Å²) in [7, 11) is 0. The number of hydrogen-bond donors (Lipinski definition) is 1. The Morgan fingerprint density at radius 3 is 2.52 bits per heavy atom. The minimum atomic E-state index is -4.41. The molecule has 0 bridgehead atoms. The van der Waals surface area contributed by atoms with E-state index in [2.05, 4.69) is 5.10 Å². The highest BCUT2D eigenvalue weighted by Gasteiger charge is 2.30. The number of aromatic carboxylic acids is 1. The van der Waals surface area contributed by atoms with Crippen molar-refractivity contribution >= 4 is 5.97 Å². The molecule has 112 valence electrons. The number of nitrogens with zero attached hydrogens (tertiary/aromatic N) is 2. The second kappa shape index (κ2) is 5.23. The number of halogens is 3. The fraction of sp³-hybridized carbons (Fsp3) is 0.286. The number of alkyl halides is 3. The third-order valence-electron chi connectivity index (χ3n) is 3.18. The van der Waals surface area contributed by atoms with E-state index in [1.807, 2.05) is 0 Å². The van der Waals surface area contributed by atoms with Crippen molar-refractivity contribution in [1.29, 1.82) is 0 Å². The first kappa shape index (κ1) is 15.1. The van der Waals surface area contributed by atoms with E-state index in [4.69, 9.17) is 5.11 Å². The molecule has 0 saturated heterocycles. The Balaban J connectivity index is 2.35. The van der Waals surface area contributed by atoms with Crippen LogP contribution in [0.4, 0.5) is 13.2 Å². The summed E-state index contributed by atoms with van der Waals surface area (Å²) in [6, 6.07) is 4.90. The first-order valence-electron chi connectivity index (χ1n) is 6.13. The Morgan fingerprint density at radius 1 is 1.33 bits per heavy atom. The van der Waals surface area contributed by atoms with Crippen molar-refractivity contribution in [1.82, 2.24) is 9.78 Å². The molecule has 0 saturated carbocycles. The number of carbonyl (C=O) groups is 1. The van der Waals surface area contributed by atoms with Crippen molar-refractivity contribution in [3.05, 3.63) is 52.3 Å². The summed E-state index contributed by atoms with van der Waals surface area (Å²) in [6.07, 6.45) is -4.41. The summed E-state index contributed by atoms with van der Waals surface area (Å²) in [6.45, 7) is 3.22. The predicted octanol–water partition coefficient (Wildman–Crippen LogP) is 3.27. The summed E-state index contributed by atoms with van der Waals surface area (Å²) in [5.74, 6) is -1.10. The second-order valence-electron chi connectivity index (χ2n) is 4.71. The SMILES string of the molecule is Cc1nn(Cc2cccc(C(F)(F)F)c2)c(C)c1C(=O)O. The summed E-state index contributed by atoms with van der Waals surface area (Å²) >= 11 is 0. The van der Waals surface area contributed by atoms with Crippen LogP contribution in [0, 0.1) is 13.8 Å². The zero-order valence-electron chi connectivity index (χ0n) is 11.4. The molecule has 0 atom stereocenters. The largest absolute Gasteiger partial charge is 0.478 e. The van der Waals surface area contributed by atoms with E-state index >= 15 is 0 Å². The molecule has 1 aromatic heterocycles. The average Bonchev–Trinajstić information content (AvgIpc) is 2.63. The lowest BCUT2D eigenvalue weighted by molar-refractivity contribution is -0.137. The van der Waals surface area contributed by atoms with Crippen LogP contribution in [0.25, 0.3) is 0 Å². The molecule has 0 spiro atoms. The highest BCUT2D eigenvalue weighted by atomic mass is 19.4. The van der Waals surface area contributed by atoms with Gasteiger partial charge in [0.15, 0.2) is 0 Å². The van der Waals surface area contributed by atoms with Crippen molar-refractivity contribution in [2.75, 3.05) is 0 Å². The molecule has 0 aliphatic carbocycles. The number of carboxylic acid groups (broad SMARTS) is 1. The third kappa shape index (κ3) is 3.07. The van der Waals surface area contributed by atoms with E-state index in [9.17, 15) is 18.0 Å². The van der Waals surface area contributed by atoms with Crippen LogP contribution in [-0.2, 0) is 12.7 Å². The molecule has 4 nitrogen and oxygen atoms in total. The van der Waals surface area contributed by atoms with Gasteiger partial charge in [0.05, 0.1) is 23.5 Å². The second-order valence-corrected chi connectivity index (χ2v) is 4.71. The Hall–Kier alpha value is -2.31. The van der Waals surface area contributed by atoms with Gasteiger partial charge in [0.25, 0.3) is 0 Å². The van der Waals surface area contributed by atoms with E-state index in [0.29, 0.717) is 17.0 Å². The molecule has 2 rings (SSSR count). The summed E-state index contributed by atoms with van der Waals surface area (Å²) < 4.78 is 39.4. The van der Waals surface area contributed by atoms with Crippen molar-refractivity contribution in [2.24, 2.45) is 0 Å². The summed E-state index contributed by atoms with van der Waals surface area (Å²) in [5, 5.41) is 13.1. The molecule has 1 N–H and O–H groups in total. The standard InChI is InChI=1S/C14H13F3N2O2/c1-8-12(13(20)21)9(2)19(18-8)7-10-4-3-5-11(6-10)14(15,16)17/h3-6H,7H2,1-2H3,(H,20,21). The quantitative estimate of drug-likeness (QED) is 0.946. The summed E-state index contributed by atoms with van der Waals surface area (Å²) in [5.41, 5.74) is 0.513. The molecule has 1 aromatic carbocycles. The van der Waals surface area contributed by atoms with Gasteiger partial charge in [0.1, 0.15) is 5.56 Å². The van der Waals surface area contributed by atoms with Crippen LogP contribution in [0.5, 0.6) is 0 Å². The highest BCUT2D eigenvalue weighted by Crippen LogP contribution is 2.29. The number of aromatic nitrogens is 2. The van der Waals surface area contributed by atoms with Gasteiger partial charge >= 0.3 is 12.1 Å². The van der Waals surface area contributed by atoms with Crippen LogP contribution in [0.1, 0.15) is 32.9 Å². The van der Waals surface area contributed by atoms with Gasteiger partial charge in [0.2, 0.25) is 0 Å². The third-order valence-corrected chi connectivity index (χ3v) is 3.18. The highest BCUT2D eigenvalue weighted by molar-refractivity contribution is 5.90. The molecule has 7 heteroatoms. The molecule has 21 heavy (non-hydrogen) atoms. The first-order chi connectivity index (χ1) is 9.70. The smallest absolute Gasteiger partial charge is 0.416 e. The lowest BCUT2D eigenvalue weighted by atomic mass is 10.1. The number of hydrogen-bond acceptors (Lipinski definition) is 2. The van der Waals surface area contributed by atoms with Crippen LogP contribution in [0.2, 0.25) is 0 Å². The first-order valence-corrected chi connectivity index (χ1v) is 6.13. The van der Waals surface area contributed by atoms with Gasteiger partial charge < -0.3 is 5.11 Å². The fourth-order valence-electron chi connectivity index (χ4n) is 2.18. The van der Waals surface area contributed by atoms with Gasteiger partial charge in [-0.3, -0.25) is 4.68 Å². The van der Waals surface area contributed by atoms with Crippen molar-refractivity contribution in [3.8, 4) is 0 Å². The molecule has 0 aliphatic rings. The van der Waals surface area contributed by atoms with Crippen LogP contribution in [0.3, 0.4) is 0 Å². The maximum Gasteiger partial charge on any atom is 0.416 e. The molecular weight excluding hydrogens is 285 g/mol. The molecule has 2 aromatic rings. The monoisotopic (exact) mass is 298 g/mol. The van der Waals surface area contributed by atoms with Crippen molar-refractivity contribution in [3.63, 3.8) is 0 Å². The molecule has 0 unspecified atom stereocenters. The van der Waals surface area contributed by atoms with Crippen LogP contribution in [0.15, 0.2) is 24.3 Å². The molecule has 1 heterocycles. The minimum absolute atomic E-state index is 0.0852. The van der Waals surface area contributed by atoms with E-state index in [1.165, 1.54) is 10.7 Å². The van der Waals surface area contributed by atoms with Gasteiger partial charge in [-0.05, 0) is 31.5 Å². The molecule has 0 fully saturated rings. The fourth-order valence-corrected chi connectivity index (χ4v) is 2.18. The maximum absolute atomic E-state index is 12.7. The van der Waals surface area contributed by atoms with E-state index in [1.54, 1.807) is 19.9 Å². The Bertz CT molecular complexity index is 690. The lowest BCUT2D eigenvalue weighted by Crippen LogP contribution is -2.09. The number of aryl methyl sites for hydroxylation is 1.